The fourth-order valence-electron chi connectivity index (χ4n) is 2.16. The molecule has 3 rings (SSSR count). The molecule has 3 heterocycles. The summed E-state index contributed by atoms with van der Waals surface area (Å²) in [6, 6.07) is 5.93. The summed E-state index contributed by atoms with van der Waals surface area (Å²) in [6.45, 7) is 1.96. The number of thioether (sulfide) groups is 1. The van der Waals surface area contributed by atoms with Gasteiger partial charge >= 0.3 is 0 Å². The fourth-order valence-corrected chi connectivity index (χ4v) is 4.19. The molecular weight excluding hydrogens is 274 g/mol. The van der Waals surface area contributed by atoms with Crippen molar-refractivity contribution in [3.8, 4) is 10.7 Å². The van der Waals surface area contributed by atoms with Gasteiger partial charge in [0, 0.05) is 29.9 Å². The summed E-state index contributed by atoms with van der Waals surface area (Å²) in [5.41, 5.74) is 2.08. The second kappa shape index (κ2) is 6.50. The van der Waals surface area contributed by atoms with Crippen LogP contribution in [0.4, 0.5) is 0 Å². The summed E-state index contributed by atoms with van der Waals surface area (Å²) < 4.78 is 0. The van der Waals surface area contributed by atoms with Crippen LogP contribution < -0.4 is 5.32 Å². The van der Waals surface area contributed by atoms with Gasteiger partial charge < -0.3 is 5.32 Å². The molecule has 1 N–H and O–H groups in total. The normalized spacial score (nSPS) is 18.8. The van der Waals surface area contributed by atoms with Gasteiger partial charge in [-0.2, -0.15) is 11.8 Å². The minimum absolute atomic E-state index is 0.800. The third-order valence-corrected chi connectivity index (χ3v) is 5.45. The third kappa shape index (κ3) is 3.55. The van der Waals surface area contributed by atoms with Crippen LogP contribution in [-0.4, -0.2) is 27.5 Å². The van der Waals surface area contributed by atoms with Crippen LogP contribution >= 0.6 is 23.1 Å². The molecule has 1 fully saturated rings. The molecule has 1 atom stereocenters. The predicted octanol–water partition coefficient (Wildman–Crippen LogP) is 3.19. The van der Waals surface area contributed by atoms with E-state index in [2.05, 4.69) is 32.4 Å². The SMILES string of the molecule is c1ccc(-c2nc(CNCC3CCCS3)cs2)nc1. The first-order valence-electron chi connectivity index (χ1n) is 6.60. The van der Waals surface area contributed by atoms with Crippen LogP contribution in [0.5, 0.6) is 0 Å². The second-order valence-corrected chi connectivity index (χ2v) is 6.89. The monoisotopic (exact) mass is 291 g/mol. The Bertz CT molecular complexity index is 506. The average molecular weight is 291 g/mol. The first-order valence-corrected chi connectivity index (χ1v) is 8.53. The quantitative estimate of drug-likeness (QED) is 0.918. The summed E-state index contributed by atoms with van der Waals surface area (Å²) in [5.74, 6) is 1.33. The van der Waals surface area contributed by atoms with Crippen LogP contribution in [0.1, 0.15) is 18.5 Å². The number of pyridine rings is 1. The number of hydrogen-bond donors (Lipinski definition) is 1. The van der Waals surface area contributed by atoms with E-state index in [-0.39, 0.29) is 0 Å². The second-order valence-electron chi connectivity index (χ2n) is 4.62. The molecule has 1 unspecified atom stereocenters. The smallest absolute Gasteiger partial charge is 0.142 e. The van der Waals surface area contributed by atoms with Crippen molar-refractivity contribution >= 4 is 23.1 Å². The molecule has 3 nitrogen and oxygen atoms in total. The van der Waals surface area contributed by atoms with E-state index in [0.717, 1.165) is 34.7 Å². The number of nitrogens with one attached hydrogen (secondary N) is 1. The molecular formula is C14H17N3S2. The summed E-state index contributed by atoms with van der Waals surface area (Å²) in [4.78, 5) is 8.96. The Balaban J connectivity index is 1.53. The average Bonchev–Trinajstić information content (AvgIpc) is 3.11. The largest absolute Gasteiger partial charge is 0.310 e. The van der Waals surface area contributed by atoms with Gasteiger partial charge in [0.05, 0.1) is 11.4 Å². The van der Waals surface area contributed by atoms with Crippen molar-refractivity contribution in [3.05, 3.63) is 35.5 Å². The summed E-state index contributed by atoms with van der Waals surface area (Å²) in [5, 5.41) is 7.44. The van der Waals surface area contributed by atoms with Crippen LogP contribution in [0, 0.1) is 0 Å². The van der Waals surface area contributed by atoms with E-state index >= 15 is 0 Å². The minimum Gasteiger partial charge on any atom is -0.310 e. The predicted molar refractivity (Wildman–Crippen MR) is 82.5 cm³/mol. The van der Waals surface area contributed by atoms with E-state index in [1.165, 1.54) is 18.6 Å². The van der Waals surface area contributed by atoms with Crippen molar-refractivity contribution in [1.29, 1.82) is 0 Å². The molecule has 19 heavy (non-hydrogen) atoms. The Morgan fingerprint density at radius 1 is 1.37 bits per heavy atom. The molecule has 2 aromatic rings. The van der Waals surface area contributed by atoms with Gasteiger partial charge in [-0.25, -0.2) is 4.98 Å². The van der Waals surface area contributed by atoms with E-state index in [9.17, 15) is 0 Å². The number of rotatable bonds is 5. The maximum atomic E-state index is 4.63. The minimum atomic E-state index is 0.800. The highest BCUT2D eigenvalue weighted by molar-refractivity contribution is 8.00. The van der Waals surface area contributed by atoms with Crippen molar-refractivity contribution in [2.75, 3.05) is 12.3 Å². The zero-order valence-electron chi connectivity index (χ0n) is 10.7. The summed E-state index contributed by atoms with van der Waals surface area (Å²) in [6.07, 6.45) is 4.54. The highest BCUT2D eigenvalue weighted by atomic mass is 32.2. The van der Waals surface area contributed by atoms with Gasteiger partial charge in [0.1, 0.15) is 5.01 Å². The Labute approximate surface area is 121 Å². The van der Waals surface area contributed by atoms with Crippen molar-refractivity contribution in [3.63, 3.8) is 0 Å². The molecule has 5 heteroatoms. The fraction of sp³-hybridized carbons (Fsp3) is 0.429. The number of nitrogens with zero attached hydrogens (tertiary/aromatic N) is 2. The van der Waals surface area contributed by atoms with Gasteiger partial charge in [0.25, 0.3) is 0 Å². The van der Waals surface area contributed by atoms with Gasteiger partial charge in [-0.15, -0.1) is 11.3 Å². The molecule has 1 aliphatic heterocycles. The van der Waals surface area contributed by atoms with Gasteiger partial charge in [-0.05, 0) is 30.7 Å². The zero-order chi connectivity index (χ0) is 12.9. The lowest BCUT2D eigenvalue weighted by Gasteiger charge is -2.08. The van der Waals surface area contributed by atoms with Crippen molar-refractivity contribution in [2.45, 2.75) is 24.6 Å². The lowest BCUT2D eigenvalue weighted by Crippen LogP contribution is -2.22. The Morgan fingerprint density at radius 3 is 3.16 bits per heavy atom. The standard InChI is InChI=1S/C14H17N3S2/c1-2-6-16-13(5-1)14-17-11(10-19-14)8-15-9-12-4-3-7-18-12/h1-2,5-6,10,12,15H,3-4,7-9H2. The molecule has 0 aliphatic carbocycles. The summed E-state index contributed by atoms with van der Waals surface area (Å²) in [7, 11) is 0. The van der Waals surface area contributed by atoms with E-state index in [1.54, 1.807) is 11.3 Å². The van der Waals surface area contributed by atoms with Crippen molar-refractivity contribution in [1.82, 2.24) is 15.3 Å². The molecule has 0 amide bonds. The van der Waals surface area contributed by atoms with E-state index in [4.69, 9.17) is 0 Å². The first kappa shape index (κ1) is 13.1. The highest BCUT2D eigenvalue weighted by Crippen LogP contribution is 2.25. The van der Waals surface area contributed by atoms with Crippen LogP contribution in [-0.2, 0) is 6.54 Å². The Morgan fingerprint density at radius 2 is 2.37 bits per heavy atom. The van der Waals surface area contributed by atoms with Gasteiger partial charge in [-0.3, -0.25) is 4.98 Å². The highest BCUT2D eigenvalue weighted by Gasteiger charge is 2.14. The molecule has 100 valence electrons. The van der Waals surface area contributed by atoms with Crippen LogP contribution in [0.2, 0.25) is 0 Å². The van der Waals surface area contributed by atoms with Crippen LogP contribution in [0.15, 0.2) is 29.8 Å². The van der Waals surface area contributed by atoms with E-state index in [0.29, 0.717) is 0 Å². The molecule has 0 radical (unpaired) electrons. The number of hydrogen-bond acceptors (Lipinski definition) is 5. The number of aromatic nitrogens is 2. The van der Waals surface area contributed by atoms with Gasteiger partial charge in [0.2, 0.25) is 0 Å². The molecule has 0 bridgehead atoms. The van der Waals surface area contributed by atoms with E-state index < -0.39 is 0 Å². The van der Waals surface area contributed by atoms with Gasteiger partial charge in [0.15, 0.2) is 0 Å². The topological polar surface area (TPSA) is 37.8 Å². The molecule has 1 saturated heterocycles. The molecule has 0 aromatic carbocycles. The lowest BCUT2D eigenvalue weighted by molar-refractivity contribution is 0.640. The summed E-state index contributed by atoms with van der Waals surface area (Å²) >= 11 is 3.76. The van der Waals surface area contributed by atoms with Gasteiger partial charge in [-0.1, -0.05) is 6.07 Å². The third-order valence-electron chi connectivity index (χ3n) is 3.14. The van der Waals surface area contributed by atoms with Crippen LogP contribution in [0.25, 0.3) is 10.7 Å². The maximum absolute atomic E-state index is 4.63. The van der Waals surface area contributed by atoms with E-state index in [1.807, 2.05) is 24.4 Å². The lowest BCUT2D eigenvalue weighted by atomic mass is 10.2. The Hall–Kier alpha value is -0.910. The first-order chi connectivity index (χ1) is 9.42. The molecule has 2 aromatic heterocycles. The maximum Gasteiger partial charge on any atom is 0.142 e. The number of thiazole rings is 1. The Kier molecular flexibility index (Phi) is 4.48. The van der Waals surface area contributed by atoms with Crippen molar-refractivity contribution < 1.29 is 0 Å². The molecule has 1 aliphatic rings. The zero-order valence-corrected chi connectivity index (χ0v) is 12.3. The molecule has 0 saturated carbocycles. The van der Waals surface area contributed by atoms with Crippen molar-refractivity contribution in [2.24, 2.45) is 0 Å². The van der Waals surface area contributed by atoms with Crippen LogP contribution in [0.3, 0.4) is 0 Å². The molecule has 0 spiro atoms.